The monoisotopic (exact) mass is 260 g/mol. The summed E-state index contributed by atoms with van der Waals surface area (Å²) in [6.45, 7) is 2.83. The van der Waals surface area contributed by atoms with E-state index in [0.717, 1.165) is 18.5 Å². The first-order chi connectivity index (χ1) is 9.19. The zero-order valence-electron chi connectivity index (χ0n) is 10.4. The number of hydrogen-bond donors (Lipinski definition) is 2. The van der Waals surface area contributed by atoms with E-state index in [1.807, 2.05) is 4.57 Å². The van der Waals surface area contributed by atoms with Gasteiger partial charge in [0.15, 0.2) is 11.6 Å². The van der Waals surface area contributed by atoms with Crippen LogP contribution in [0.2, 0.25) is 0 Å². The van der Waals surface area contributed by atoms with Crippen molar-refractivity contribution in [3.05, 3.63) is 24.0 Å². The number of aryl methyl sites for hydroxylation is 1. The van der Waals surface area contributed by atoms with E-state index in [-0.39, 0.29) is 11.8 Å². The molecule has 0 aliphatic carbocycles. The number of nitrogen functional groups attached to an aromatic ring is 1. The number of rotatable bonds is 3. The fraction of sp³-hybridized carbons (Fsp3) is 0.250. The number of anilines is 1. The lowest BCUT2D eigenvalue weighted by Gasteiger charge is -2.04. The minimum Gasteiger partial charge on any atom is -0.366 e. The first kappa shape index (κ1) is 11.6. The van der Waals surface area contributed by atoms with Crippen molar-refractivity contribution in [3.63, 3.8) is 0 Å². The number of imidazole rings is 1. The molecule has 1 aromatic carbocycles. The second-order valence-electron chi connectivity index (χ2n) is 4.26. The minimum atomic E-state index is -0.308. The highest BCUT2D eigenvalue weighted by Crippen LogP contribution is 2.23. The Hall–Kier alpha value is -2.44. The van der Waals surface area contributed by atoms with Crippen molar-refractivity contribution in [3.8, 4) is 11.6 Å². The molecular formula is C12H13FN6. The van der Waals surface area contributed by atoms with Crippen molar-refractivity contribution >= 4 is 17.0 Å². The standard InChI is InChI=1S/C12H13FN6/c1-2-5-19-9-4-3-7(13)6-8(9)15-11(19)10-16-12(14)18-17-10/h3-4,6H,2,5H2,1H3,(H3,14,16,17,18). The SMILES string of the molecule is CCCn1c(-c2nc(N)n[nH]2)nc2cc(F)ccc21. The molecule has 2 heterocycles. The average Bonchev–Trinajstić information content (AvgIpc) is 2.94. The van der Waals surface area contributed by atoms with Gasteiger partial charge in [0, 0.05) is 12.6 Å². The van der Waals surface area contributed by atoms with E-state index in [0.29, 0.717) is 17.2 Å². The van der Waals surface area contributed by atoms with Gasteiger partial charge in [0.05, 0.1) is 11.0 Å². The van der Waals surface area contributed by atoms with Crippen LogP contribution in [0.4, 0.5) is 10.3 Å². The second kappa shape index (κ2) is 4.34. The van der Waals surface area contributed by atoms with Gasteiger partial charge in [0.2, 0.25) is 5.95 Å². The van der Waals surface area contributed by atoms with Crippen LogP contribution in [-0.4, -0.2) is 24.7 Å². The van der Waals surface area contributed by atoms with Gasteiger partial charge in [-0.05, 0) is 18.6 Å². The molecule has 3 aromatic rings. The van der Waals surface area contributed by atoms with E-state index >= 15 is 0 Å². The Balaban J connectivity index is 2.25. The molecule has 6 nitrogen and oxygen atoms in total. The smallest absolute Gasteiger partial charge is 0.239 e. The van der Waals surface area contributed by atoms with E-state index in [4.69, 9.17) is 5.73 Å². The van der Waals surface area contributed by atoms with E-state index in [9.17, 15) is 4.39 Å². The first-order valence-electron chi connectivity index (χ1n) is 6.03. The fourth-order valence-corrected chi connectivity index (χ4v) is 2.11. The predicted octanol–water partition coefficient (Wildman–Crippen LogP) is 1.95. The molecule has 0 unspecified atom stereocenters. The molecule has 0 fully saturated rings. The van der Waals surface area contributed by atoms with Gasteiger partial charge < -0.3 is 10.3 Å². The van der Waals surface area contributed by atoms with Crippen LogP contribution >= 0.6 is 0 Å². The fourth-order valence-electron chi connectivity index (χ4n) is 2.11. The summed E-state index contributed by atoms with van der Waals surface area (Å²) in [6, 6.07) is 4.55. The zero-order valence-corrected chi connectivity index (χ0v) is 10.4. The number of hydrogen-bond acceptors (Lipinski definition) is 4. The molecule has 19 heavy (non-hydrogen) atoms. The largest absolute Gasteiger partial charge is 0.366 e. The average molecular weight is 260 g/mol. The lowest BCUT2D eigenvalue weighted by Crippen LogP contribution is -2.00. The van der Waals surface area contributed by atoms with Crippen LogP contribution in [0.15, 0.2) is 18.2 Å². The first-order valence-corrected chi connectivity index (χ1v) is 6.03. The molecule has 2 aromatic heterocycles. The Morgan fingerprint density at radius 3 is 2.89 bits per heavy atom. The molecule has 0 spiro atoms. The second-order valence-corrected chi connectivity index (χ2v) is 4.26. The maximum absolute atomic E-state index is 13.3. The number of halogens is 1. The quantitative estimate of drug-likeness (QED) is 0.753. The molecule has 0 aliphatic heterocycles. The Morgan fingerprint density at radius 1 is 1.37 bits per heavy atom. The Morgan fingerprint density at radius 2 is 2.21 bits per heavy atom. The highest BCUT2D eigenvalue weighted by Gasteiger charge is 2.15. The molecular weight excluding hydrogens is 247 g/mol. The molecule has 0 amide bonds. The molecule has 0 aliphatic rings. The minimum absolute atomic E-state index is 0.163. The molecule has 3 rings (SSSR count). The number of aromatic amines is 1. The molecule has 0 saturated heterocycles. The summed E-state index contributed by atoms with van der Waals surface area (Å²) >= 11 is 0. The molecule has 0 bridgehead atoms. The van der Waals surface area contributed by atoms with Crippen LogP contribution in [0, 0.1) is 5.82 Å². The lowest BCUT2D eigenvalue weighted by atomic mass is 10.3. The Labute approximate surface area is 108 Å². The third-order valence-electron chi connectivity index (χ3n) is 2.87. The normalized spacial score (nSPS) is 11.3. The summed E-state index contributed by atoms with van der Waals surface area (Å²) < 4.78 is 15.2. The van der Waals surface area contributed by atoms with Crippen LogP contribution in [0.25, 0.3) is 22.7 Å². The summed E-state index contributed by atoms with van der Waals surface area (Å²) in [6.07, 6.45) is 0.930. The summed E-state index contributed by atoms with van der Waals surface area (Å²) in [5, 5.41) is 6.53. The van der Waals surface area contributed by atoms with Crippen molar-refractivity contribution in [2.45, 2.75) is 19.9 Å². The van der Waals surface area contributed by atoms with Crippen LogP contribution < -0.4 is 5.73 Å². The van der Waals surface area contributed by atoms with Gasteiger partial charge in [-0.15, -0.1) is 5.10 Å². The van der Waals surface area contributed by atoms with Crippen molar-refractivity contribution < 1.29 is 4.39 Å². The number of nitrogens with zero attached hydrogens (tertiary/aromatic N) is 4. The Bertz CT molecular complexity index is 729. The number of nitrogens with one attached hydrogen (secondary N) is 1. The van der Waals surface area contributed by atoms with Crippen LogP contribution in [0.3, 0.4) is 0 Å². The highest BCUT2D eigenvalue weighted by molar-refractivity contribution is 5.79. The molecule has 7 heteroatoms. The van der Waals surface area contributed by atoms with Gasteiger partial charge in [-0.25, -0.2) is 9.37 Å². The van der Waals surface area contributed by atoms with Gasteiger partial charge in [-0.1, -0.05) is 6.92 Å². The molecule has 3 N–H and O–H groups in total. The summed E-state index contributed by atoms with van der Waals surface area (Å²) in [4.78, 5) is 8.48. The van der Waals surface area contributed by atoms with Gasteiger partial charge in [-0.3, -0.25) is 5.10 Å². The molecule has 0 radical (unpaired) electrons. The van der Waals surface area contributed by atoms with Gasteiger partial charge in [0.25, 0.3) is 0 Å². The topological polar surface area (TPSA) is 85.4 Å². The maximum atomic E-state index is 13.3. The van der Waals surface area contributed by atoms with Crippen molar-refractivity contribution in [1.29, 1.82) is 0 Å². The van der Waals surface area contributed by atoms with Crippen LogP contribution in [0.1, 0.15) is 13.3 Å². The number of fused-ring (bicyclic) bond motifs is 1. The third-order valence-corrected chi connectivity index (χ3v) is 2.87. The van der Waals surface area contributed by atoms with Crippen molar-refractivity contribution in [1.82, 2.24) is 24.7 Å². The van der Waals surface area contributed by atoms with E-state index < -0.39 is 0 Å². The van der Waals surface area contributed by atoms with Crippen molar-refractivity contribution in [2.24, 2.45) is 0 Å². The lowest BCUT2D eigenvalue weighted by molar-refractivity contribution is 0.629. The predicted molar refractivity (Wildman–Crippen MR) is 69.8 cm³/mol. The van der Waals surface area contributed by atoms with Gasteiger partial charge in [-0.2, -0.15) is 4.98 Å². The maximum Gasteiger partial charge on any atom is 0.239 e. The number of benzene rings is 1. The number of aromatic nitrogens is 5. The van der Waals surface area contributed by atoms with Gasteiger partial charge >= 0.3 is 0 Å². The van der Waals surface area contributed by atoms with Crippen LogP contribution in [0.5, 0.6) is 0 Å². The van der Waals surface area contributed by atoms with Crippen LogP contribution in [-0.2, 0) is 6.54 Å². The number of nitrogens with two attached hydrogens (primary N) is 1. The third kappa shape index (κ3) is 1.92. The Kier molecular flexibility index (Phi) is 2.66. The summed E-state index contributed by atoms with van der Waals surface area (Å²) in [7, 11) is 0. The number of H-pyrrole nitrogens is 1. The van der Waals surface area contributed by atoms with Crippen molar-refractivity contribution in [2.75, 3.05) is 5.73 Å². The van der Waals surface area contributed by atoms with Gasteiger partial charge in [0.1, 0.15) is 5.82 Å². The summed E-state index contributed by atoms with van der Waals surface area (Å²) in [5.74, 6) is 0.961. The van der Waals surface area contributed by atoms with E-state index in [2.05, 4.69) is 27.1 Å². The van der Waals surface area contributed by atoms with E-state index in [1.165, 1.54) is 12.1 Å². The molecule has 0 saturated carbocycles. The van der Waals surface area contributed by atoms with E-state index in [1.54, 1.807) is 6.07 Å². The molecule has 0 atom stereocenters. The zero-order chi connectivity index (χ0) is 13.4. The summed E-state index contributed by atoms with van der Waals surface area (Å²) in [5.41, 5.74) is 6.97. The highest BCUT2D eigenvalue weighted by atomic mass is 19.1. The molecule has 98 valence electrons.